The molecule has 2 aromatic carbocycles. The lowest BCUT2D eigenvalue weighted by Crippen LogP contribution is -2.45. The van der Waals surface area contributed by atoms with E-state index in [1.54, 1.807) is 49.4 Å². The maximum Gasteiger partial charge on any atom is 0.296 e. The van der Waals surface area contributed by atoms with Gasteiger partial charge in [0.05, 0.1) is 16.1 Å². The minimum Gasteiger partial charge on any atom is -0.506 e. The molecule has 9 heteroatoms. The van der Waals surface area contributed by atoms with Crippen molar-refractivity contribution in [2.75, 3.05) is 5.73 Å². The van der Waals surface area contributed by atoms with Gasteiger partial charge in [0.2, 0.25) is 0 Å². The summed E-state index contributed by atoms with van der Waals surface area (Å²) in [6, 6.07) is 9.08. The first-order valence-corrected chi connectivity index (χ1v) is 11.2. The molecular weight excluding hydrogens is 444 g/mol. The second kappa shape index (κ2) is 7.80. The van der Waals surface area contributed by atoms with Crippen molar-refractivity contribution in [2.24, 2.45) is 0 Å². The Balaban J connectivity index is 2.57. The lowest BCUT2D eigenvalue weighted by Gasteiger charge is -2.10. The van der Waals surface area contributed by atoms with Crippen LogP contribution in [0.3, 0.4) is 0 Å². The number of benzene rings is 2. The van der Waals surface area contributed by atoms with Crippen molar-refractivity contribution < 1.29 is 18.1 Å². The molecule has 0 aromatic heterocycles. The van der Waals surface area contributed by atoms with Gasteiger partial charge in [-0.15, -0.1) is 0 Å². The number of aliphatic hydroxyl groups is 1. The summed E-state index contributed by atoms with van der Waals surface area (Å²) in [5, 5.41) is 10.8. The van der Waals surface area contributed by atoms with Crippen LogP contribution in [-0.2, 0) is 10.1 Å². The first kappa shape index (κ1) is 22.1. The molecule has 1 heterocycles. The second-order valence-corrected chi connectivity index (χ2v) is 8.72. The van der Waals surface area contributed by atoms with E-state index in [1.807, 2.05) is 0 Å². The summed E-state index contributed by atoms with van der Waals surface area (Å²) < 4.78 is 33.8. The van der Waals surface area contributed by atoms with E-state index in [0.29, 0.717) is 5.56 Å². The molecule has 0 amide bonds. The first-order chi connectivity index (χ1) is 15.6. The highest BCUT2D eigenvalue weighted by Crippen LogP contribution is 2.24. The molecule has 0 unspecified atom stereocenters. The summed E-state index contributed by atoms with van der Waals surface area (Å²) in [5.74, 6) is -0.423. The van der Waals surface area contributed by atoms with Gasteiger partial charge in [0.15, 0.2) is 5.43 Å². The molecule has 0 spiro atoms. The van der Waals surface area contributed by atoms with Crippen LogP contribution in [0, 0.1) is 10.4 Å². The van der Waals surface area contributed by atoms with Crippen LogP contribution in [0.25, 0.3) is 29.3 Å². The third-order valence-corrected chi connectivity index (χ3v) is 6.21. The highest BCUT2D eigenvalue weighted by Gasteiger charge is 2.23. The van der Waals surface area contributed by atoms with E-state index in [2.05, 4.69) is 11.6 Å². The van der Waals surface area contributed by atoms with Crippen LogP contribution in [0.4, 0.5) is 5.69 Å². The highest BCUT2D eigenvalue weighted by atomic mass is 32.2. The second-order valence-electron chi connectivity index (χ2n) is 7.33. The van der Waals surface area contributed by atoms with Crippen LogP contribution < -0.4 is 32.4 Å². The molecule has 4 N–H and O–H groups in total. The zero-order valence-electron chi connectivity index (χ0n) is 17.4. The Hall–Kier alpha value is -4.08. The monoisotopic (exact) mass is 462 g/mol. The molecule has 8 nitrogen and oxygen atoms in total. The summed E-state index contributed by atoms with van der Waals surface area (Å²) in [7, 11) is -4.85. The Morgan fingerprint density at radius 2 is 1.82 bits per heavy atom. The normalized spacial score (nSPS) is 13.9. The van der Waals surface area contributed by atoms with Gasteiger partial charge in [0, 0.05) is 26.9 Å². The number of nitrogens with two attached hydrogens (primary N) is 1. The number of aromatic nitrogens is 1. The van der Waals surface area contributed by atoms with Crippen molar-refractivity contribution in [3.8, 4) is 0 Å². The molecule has 0 bridgehead atoms. The average molecular weight is 462 g/mol. The quantitative estimate of drug-likeness (QED) is 0.288. The smallest absolute Gasteiger partial charge is 0.296 e. The molecule has 1 aliphatic carbocycles. The molecule has 0 fully saturated rings. The topological polar surface area (TPSA) is 148 Å². The van der Waals surface area contributed by atoms with Crippen molar-refractivity contribution in [1.29, 1.82) is 0 Å². The van der Waals surface area contributed by atoms with Gasteiger partial charge in [0.25, 0.3) is 15.7 Å². The van der Waals surface area contributed by atoms with Crippen molar-refractivity contribution >= 4 is 45.1 Å². The molecule has 0 saturated heterocycles. The zero-order chi connectivity index (χ0) is 24.1. The van der Waals surface area contributed by atoms with Crippen molar-refractivity contribution in [3.63, 3.8) is 0 Å². The number of allylic oxidation sites excluding steroid dienone is 2. The number of rotatable bonds is 3. The zero-order valence-corrected chi connectivity index (χ0v) is 18.2. The third kappa shape index (κ3) is 3.43. The van der Waals surface area contributed by atoms with Crippen LogP contribution in [0.15, 0.2) is 63.0 Å². The Kier molecular flexibility index (Phi) is 5.23. The van der Waals surface area contributed by atoms with E-state index in [1.165, 1.54) is 6.08 Å². The molecule has 0 radical (unpaired) electrons. The Bertz CT molecular complexity index is 1920. The Labute approximate surface area is 186 Å². The van der Waals surface area contributed by atoms with Crippen LogP contribution in [0.5, 0.6) is 0 Å². The SMILES string of the molecule is C=c1c(=CC=CC)c(=O)c2c(N)cc(S(=O)(=O)O)c3nc(=O)c(=C(O)c4ccccc4)c1=c32. The predicted octanol–water partition coefficient (Wildman–Crippen LogP) is 0.147. The molecule has 2 aliphatic rings. The summed E-state index contributed by atoms with van der Waals surface area (Å²) in [6.45, 7) is 5.70. The van der Waals surface area contributed by atoms with Crippen molar-refractivity contribution in [1.82, 2.24) is 4.98 Å². The van der Waals surface area contributed by atoms with E-state index in [4.69, 9.17) is 5.73 Å². The minimum atomic E-state index is -4.85. The molecule has 0 atom stereocenters. The maximum absolute atomic E-state index is 13.3. The van der Waals surface area contributed by atoms with E-state index in [-0.39, 0.29) is 37.2 Å². The maximum atomic E-state index is 13.3. The lowest BCUT2D eigenvalue weighted by molar-refractivity contribution is 0.484. The van der Waals surface area contributed by atoms with Gasteiger partial charge >= 0.3 is 0 Å². The molecule has 4 rings (SSSR count). The first-order valence-electron chi connectivity index (χ1n) is 9.71. The number of nitrogens with zero attached hydrogens (tertiary/aromatic N) is 1. The number of anilines is 1. The number of aliphatic hydroxyl groups excluding tert-OH is 1. The van der Waals surface area contributed by atoms with E-state index < -0.39 is 37.3 Å². The fraction of sp³-hybridized carbons (Fsp3) is 0.0417. The lowest BCUT2D eigenvalue weighted by atomic mass is 9.99. The van der Waals surface area contributed by atoms with Crippen molar-refractivity contribution in [3.05, 3.63) is 101 Å². The largest absolute Gasteiger partial charge is 0.506 e. The van der Waals surface area contributed by atoms with E-state index >= 15 is 0 Å². The van der Waals surface area contributed by atoms with E-state index in [0.717, 1.165) is 6.07 Å². The van der Waals surface area contributed by atoms with E-state index in [9.17, 15) is 27.7 Å². The molecule has 33 heavy (non-hydrogen) atoms. The number of hydrogen-bond donors (Lipinski definition) is 3. The third-order valence-electron chi connectivity index (χ3n) is 5.34. The van der Waals surface area contributed by atoms with Gasteiger partial charge in [-0.3, -0.25) is 14.1 Å². The minimum absolute atomic E-state index is 0.0221. The summed E-state index contributed by atoms with van der Waals surface area (Å²) >= 11 is 0. The molecule has 1 aliphatic heterocycles. The van der Waals surface area contributed by atoms with Gasteiger partial charge in [0.1, 0.15) is 10.7 Å². The molecule has 166 valence electrons. The summed E-state index contributed by atoms with van der Waals surface area (Å²) in [6.07, 6.45) is 4.77. The fourth-order valence-corrected chi connectivity index (χ4v) is 4.56. The fourth-order valence-electron chi connectivity index (χ4n) is 3.89. The Morgan fingerprint density at radius 1 is 1.15 bits per heavy atom. The number of hydrogen-bond acceptors (Lipinski definition) is 7. The van der Waals surface area contributed by atoms with Crippen LogP contribution in [-0.4, -0.2) is 23.1 Å². The predicted molar refractivity (Wildman–Crippen MR) is 126 cm³/mol. The van der Waals surface area contributed by atoms with Crippen molar-refractivity contribution in [2.45, 2.75) is 11.8 Å². The van der Waals surface area contributed by atoms with Crippen LogP contribution in [0.2, 0.25) is 0 Å². The summed E-state index contributed by atoms with van der Waals surface area (Å²) in [5.41, 5.74) is 4.19. The average Bonchev–Trinajstić information content (AvgIpc) is 2.76. The molecular formula is C24H18N2O6S. The van der Waals surface area contributed by atoms with Gasteiger partial charge in [-0.2, -0.15) is 8.42 Å². The highest BCUT2D eigenvalue weighted by molar-refractivity contribution is 7.86. The molecule has 0 saturated carbocycles. The van der Waals surface area contributed by atoms with Crippen LogP contribution >= 0.6 is 0 Å². The molecule has 2 aromatic rings. The standard InChI is InChI=1S/C24H18N2O6S/c1-3-4-10-14-12(2)17-19-18(23(14)28)15(25)11-16(33(30,31)32)21(19)26-24(29)20(17)22(27)13-8-6-5-7-9-13/h3-11,27H,2,25H2,1H3,(H,30,31,32). The van der Waals surface area contributed by atoms with Gasteiger partial charge in [-0.05, 0) is 18.2 Å². The van der Waals surface area contributed by atoms with Gasteiger partial charge in [-0.25, -0.2) is 4.98 Å². The van der Waals surface area contributed by atoms with Gasteiger partial charge < -0.3 is 10.8 Å². The Morgan fingerprint density at radius 3 is 2.42 bits per heavy atom. The van der Waals surface area contributed by atoms with Crippen LogP contribution in [0.1, 0.15) is 12.5 Å². The summed E-state index contributed by atoms with van der Waals surface area (Å²) in [4.78, 5) is 29.5. The van der Waals surface area contributed by atoms with Gasteiger partial charge in [-0.1, -0.05) is 55.1 Å². The number of nitrogen functional groups attached to an aromatic ring is 1.